The van der Waals surface area contributed by atoms with Crippen molar-refractivity contribution in [2.24, 2.45) is 0 Å². The van der Waals surface area contributed by atoms with E-state index in [0.717, 1.165) is 15.6 Å². The molecule has 1 heterocycles. The highest BCUT2D eigenvalue weighted by molar-refractivity contribution is 7.21. The number of nitrogens with one attached hydrogen (secondary N) is 1. The molecule has 106 valence electrons. The largest absolute Gasteiger partial charge is 0.397 e. The number of amides is 1. The lowest BCUT2D eigenvalue weighted by Crippen LogP contribution is -2.22. The molecule has 0 spiro atoms. The first-order valence-corrected chi connectivity index (χ1v) is 7.57. The van der Waals surface area contributed by atoms with Crippen LogP contribution in [0.25, 0.3) is 10.1 Å². The van der Waals surface area contributed by atoms with Crippen LogP contribution < -0.4 is 11.1 Å². The van der Waals surface area contributed by atoms with Crippen molar-refractivity contribution in [1.29, 1.82) is 0 Å². The molecule has 3 N–H and O–H groups in total. The summed E-state index contributed by atoms with van der Waals surface area (Å²) in [7, 11) is 0. The minimum Gasteiger partial charge on any atom is -0.397 e. The summed E-state index contributed by atoms with van der Waals surface area (Å²) in [6.07, 6.45) is 0. The average Bonchev–Trinajstić information content (AvgIpc) is 2.82. The predicted octanol–water partition coefficient (Wildman–Crippen LogP) is 3.72. The van der Waals surface area contributed by atoms with Gasteiger partial charge in [-0.2, -0.15) is 0 Å². The number of carbonyl (C=O) groups is 1. The van der Waals surface area contributed by atoms with E-state index in [4.69, 9.17) is 5.73 Å². The number of thiophene rings is 1. The zero-order valence-electron chi connectivity index (χ0n) is 11.7. The molecule has 3 rings (SSSR count). The molecule has 21 heavy (non-hydrogen) atoms. The molecule has 3 aromatic rings. The van der Waals surface area contributed by atoms with Gasteiger partial charge >= 0.3 is 0 Å². The van der Waals surface area contributed by atoms with Gasteiger partial charge in [0.15, 0.2) is 0 Å². The molecule has 0 unspecified atom stereocenters. The number of anilines is 1. The molecule has 0 bridgehead atoms. The third kappa shape index (κ3) is 2.76. The lowest BCUT2D eigenvalue weighted by Gasteiger charge is -2.04. The van der Waals surface area contributed by atoms with E-state index in [2.05, 4.69) is 11.4 Å². The molecule has 0 saturated carbocycles. The van der Waals surface area contributed by atoms with Crippen molar-refractivity contribution in [1.82, 2.24) is 5.32 Å². The van der Waals surface area contributed by atoms with Crippen LogP contribution >= 0.6 is 11.3 Å². The number of fused-ring (bicyclic) bond motifs is 1. The third-order valence-corrected chi connectivity index (χ3v) is 4.55. The number of nitrogen functional groups attached to an aromatic ring is 1. The highest BCUT2D eigenvalue weighted by Gasteiger charge is 2.16. The number of hydrogen-bond acceptors (Lipinski definition) is 3. The van der Waals surface area contributed by atoms with Crippen molar-refractivity contribution in [2.45, 2.75) is 13.5 Å². The van der Waals surface area contributed by atoms with Crippen LogP contribution in [0, 0.1) is 6.92 Å². The Balaban J connectivity index is 1.83. The Morgan fingerprint density at radius 3 is 2.71 bits per heavy atom. The standard InChI is InChI=1S/C17H16N2OS/c1-11-7-8-13-14(9-11)21-16(15(13)18)17(20)19-10-12-5-3-2-4-6-12/h2-9H,10,18H2,1H3,(H,19,20). The van der Waals surface area contributed by atoms with Gasteiger partial charge in [-0.3, -0.25) is 4.79 Å². The highest BCUT2D eigenvalue weighted by Crippen LogP contribution is 2.34. The van der Waals surface area contributed by atoms with Crippen molar-refractivity contribution >= 4 is 33.0 Å². The lowest BCUT2D eigenvalue weighted by molar-refractivity contribution is 0.0956. The summed E-state index contributed by atoms with van der Waals surface area (Å²) < 4.78 is 1.05. The highest BCUT2D eigenvalue weighted by atomic mass is 32.1. The summed E-state index contributed by atoms with van der Waals surface area (Å²) in [4.78, 5) is 12.9. The number of nitrogens with two attached hydrogens (primary N) is 1. The monoisotopic (exact) mass is 296 g/mol. The Labute approximate surface area is 127 Å². The Kier molecular flexibility index (Phi) is 3.62. The van der Waals surface area contributed by atoms with E-state index in [-0.39, 0.29) is 5.91 Å². The molecule has 1 aromatic heterocycles. The molecule has 2 aromatic carbocycles. The topological polar surface area (TPSA) is 55.1 Å². The van der Waals surface area contributed by atoms with Gasteiger partial charge in [0.2, 0.25) is 0 Å². The molecule has 0 aliphatic heterocycles. The quantitative estimate of drug-likeness (QED) is 0.774. The molecule has 0 radical (unpaired) electrons. The van der Waals surface area contributed by atoms with E-state index >= 15 is 0 Å². The van der Waals surface area contributed by atoms with E-state index < -0.39 is 0 Å². The van der Waals surface area contributed by atoms with E-state index in [0.29, 0.717) is 17.1 Å². The van der Waals surface area contributed by atoms with Crippen LogP contribution in [-0.2, 0) is 6.54 Å². The number of aryl methyl sites for hydroxylation is 1. The van der Waals surface area contributed by atoms with E-state index in [1.54, 1.807) is 0 Å². The Morgan fingerprint density at radius 1 is 1.19 bits per heavy atom. The summed E-state index contributed by atoms with van der Waals surface area (Å²) in [6, 6.07) is 15.9. The van der Waals surface area contributed by atoms with Crippen molar-refractivity contribution < 1.29 is 4.79 Å². The third-order valence-electron chi connectivity index (χ3n) is 3.39. The maximum Gasteiger partial charge on any atom is 0.263 e. The van der Waals surface area contributed by atoms with Crippen LogP contribution in [-0.4, -0.2) is 5.91 Å². The molecule has 0 saturated heterocycles. The maximum atomic E-state index is 12.3. The Bertz CT molecular complexity index is 793. The van der Waals surface area contributed by atoms with Crippen LogP contribution in [0.4, 0.5) is 5.69 Å². The van der Waals surface area contributed by atoms with Crippen LogP contribution in [0.15, 0.2) is 48.5 Å². The van der Waals surface area contributed by atoms with Crippen LogP contribution in [0.2, 0.25) is 0 Å². The fourth-order valence-corrected chi connectivity index (χ4v) is 3.39. The van der Waals surface area contributed by atoms with Crippen molar-refractivity contribution in [3.05, 3.63) is 64.5 Å². The minimum absolute atomic E-state index is 0.116. The van der Waals surface area contributed by atoms with Gasteiger partial charge in [-0.25, -0.2) is 0 Å². The predicted molar refractivity (Wildman–Crippen MR) is 88.6 cm³/mol. The van der Waals surface area contributed by atoms with Crippen molar-refractivity contribution in [3.63, 3.8) is 0 Å². The minimum atomic E-state index is -0.116. The summed E-state index contributed by atoms with van der Waals surface area (Å²) >= 11 is 1.44. The van der Waals surface area contributed by atoms with Crippen molar-refractivity contribution in [3.8, 4) is 0 Å². The molecular weight excluding hydrogens is 280 g/mol. The second-order valence-electron chi connectivity index (χ2n) is 5.01. The second kappa shape index (κ2) is 5.58. The van der Waals surface area contributed by atoms with E-state index in [1.807, 2.05) is 49.4 Å². The van der Waals surface area contributed by atoms with Crippen LogP contribution in [0.3, 0.4) is 0 Å². The van der Waals surface area contributed by atoms with Gasteiger partial charge < -0.3 is 11.1 Å². The van der Waals surface area contributed by atoms with Crippen LogP contribution in [0.5, 0.6) is 0 Å². The fourth-order valence-electron chi connectivity index (χ4n) is 2.25. The molecule has 1 amide bonds. The Hall–Kier alpha value is -2.33. The SMILES string of the molecule is Cc1ccc2c(N)c(C(=O)NCc3ccccc3)sc2c1. The fraction of sp³-hybridized carbons (Fsp3) is 0.118. The van der Waals surface area contributed by atoms with Gasteiger partial charge in [0.25, 0.3) is 5.91 Å². The molecular formula is C17H16N2OS. The van der Waals surface area contributed by atoms with E-state index in [9.17, 15) is 4.79 Å². The summed E-state index contributed by atoms with van der Waals surface area (Å²) in [5.74, 6) is -0.116. The van der Waals surface area contributed by atoms with Gasteiger partial charge in [0, 0.05) is 16.6 Å². The molecule has 0 aliphatic rings. The number of rotatable bonds is 3. The average molecular weight is 296 g/mol. The molecule has 3 nitrogen and oxygen atoms in total. The van der Waals surface area contributed by atoms with Gasteiger partial charge in [0.05, 0.1) is 5.69 Å². The molecule has 4 heteroatoms. The summed E-state index contributed by atoms with van der Waals surface area (Å²) in [5.41, 5.74) is 8.92. The second-order valence-corrected chi connectivity index (χ2v) is 6.06. The van der Waals surface area contributed by atoms with Gasteiger partial charge in [-0.1, -0.05) is 42.5 Å². The molecule has 0 aliphatic carbocycles. The number of benzene rings is 2. The molecule has 0 atom stereocenters. The zero-order chi connectivity index (χ0) is 14.8. The van der Waals surface area contributed by atoms with Gasteiger partial charge in [-0.05, 0) is 24.1 Å². The van der Waals surface area contributed by atoms with Crippen LogP contribution in [0.1, 0.15) is 20.8 Å². The smallest absolute Gasteiger partial charge is 0.263 e. The van der Waals surface area contributed by atoms with E-state index in [1.165, 1.54) is 16.9 Å². The first kappa shape index (κ1) is 13.6. The lowest BCUT2D eigenvalue weighted by atomic mass is 10.1. The number of carbonyl (C=O) groups excluding carboxylic acids is 1. The first-order chi connectivity index (χ1) is 10.1. The van der Waals surface area contributed by atoms with Gasteiger partial charge in [0.1, 0.15) is 4.88 Å². The molecule has 0 fully saturated rings. The number of hydrogen-bond donors (Lipinski definition) is 2. The van der Waals surface area contributed by atoms with Crippen molar-refractivity contribution in [2.75, 3.05) is 5.73 Å². The Morgan fingerprint density at radius 2 is 1.95 bits per heavy atom. The van der Waals surface area contributed by atoms with Gasteiger partial charge in [-0.15, -0.1) is 11.3 Å². The zero-order valence-corrected chi connectivity index (χ0v) is 12.5. The summed E-state index contributed by atoms with van der Waals surface area (Å²) in [5, 5.41) is 3.88. The summed E-state index contributed by atoms with van der Waals surface area (Å²) in [6.45, 7) is 2.54. The normalized spacial score (nSPS) is 10.7. The maximum absolute atomic E-state index is 12.3. The first-order valence-electron chi connectivity index (χ1n) is 6.76.